The minimum absolute atomic E-state index is 0. The maximum Gasteiger partial charge on any atom is 0.191 e. The van der Waals surface area contributed by atoms with Crippen LogP contribution in [0.5, 0.6) is 0 Å². The molecule has 1 heterocycles. The van der Waals surface area contributed by atoms with Gasteiger partial charge in [0.05, 0.1) is 13.2 Å². The number of aliphatic imine (C=N–C) groups is 1. The van der Waals surface area contributed by atoms with Gasteiger partial charge < -0.3 is 20.1 Å². The van der Waals surface area contributed by atoms with Crippen LogP contribution in [0.4, 0.5) is 0 Å². The first-order chi connectivity index (χ1) is 11.8. The molecule has 1 aliphatic carbocycles. The van der Waals surface area contributed by atoms with Gasteiger partial charge in [-0.25, -0.2) is 0 Å². The molecule has 25 heavy (non-hydrogen) atoms. The molecule has 1 saturated carbocycles. The second-order valence-corrected chi connectivity index (χ2v) is 6.96. The number of guanidine groups is 1. The van der Waals surface area contributed by atoms with E-state index in [0.717, 1.165) is 71.5 Å². The first-order valence-electron chi connectivity index (χ1n) is 9.60. The van der Waals surface area contributed by atoms with Crippen LogP contribution in [-0.2, 0) is 9.47 Å². The quantitative estimate of drug-likeness (QED) is 0.235. The molecule has 2 fully saturated rings. The van der Waals surface area contributed by atoms with Crippen molar-refractivity contribution in [3.05, 3.63) is 0 Å². The highest BCUT2D eigenvalue weighted by atomic mass is 127. The summed E-state index contributed by atoms with van der Waals surface area (Å²) in [4.78, 5) is 6.81. The van der Waals surface area contributed by atoms with Gasteiger partial charge in [-0.2, -0.15) is 0 Å². The van der Waals surface area contributed by atoms with Crippen molar-refractivity contribution in [2.75, 3.05) is 66.2 Å². The minimum Gasteiger partial charge on any atom is -0.382 e. The number of halogens is 1. The van der Waals surface area contributed by atoms with E-state index in [0.29, 0.717) is 5.41 Å². The normalized spacial score (nSPS) is 21.0. The second kappa shape index (κ2) is 13.1. The molecule has 0 spiro atoms. The number of nitrogens with one attached hydrogen (secondary N) is 2. The van der Waals surface area contributed by atoms with Crippen LogP contribution in [0.15, 0.2) is 4.99 Å². The highest BCUT2D eigenvalue weighted by Gasteiger charge is 2.33. The Balaban J connectivity index is 0.00000312. The first kappa shape index (κ1) is 22.9. The molecule has 0 atom stereocenters. The molecule has 0 aromatic heterocycles. The lowest BCUT2D eigenvalue weighted by Crippen LogP contribution is -2.46. The molecule has 0 amide bonds. The van der Waals surface area contributed by atoms with Crippen molar-refractivity contribution in [3.8, 4) is 0 Å². The van der Waals surface area contributed by atoms with Gasteiger partial charge in [-0.1, -0.05) is 12.8 Å². The number of hydrogen-bond acceptors (Lipinski definition) is 4. The maximum atomic E-state index is 5.60. The summed E-state index contributed by atoms with van der Waals surface area (Å²) in [6.45, 7) is 10.5. The van der Waals surface area contributed by atoms with Crippen molar-refractivity contribution in [2.45, 2.75) is 39.0 Å². The van der Waals surface area contributed by atoms with Crippen LogP contribution in [-0.4, -0.2) is 77.1 Å². The molecule has 2 rings (SSSR count). The van der Waals surface area contributed by atoms with Gasteiger partial charge in [0.15, 0.2) is 5.96 Å². The SMILES string of the molecule is CCOCCC1(CNC(=NC)NCCN2CCOCC2)CCCC1.I. The number of hydrogen-bond donors (Lipinski definition) is 2. The van der Waals surface area contributed by atoms with E-state index in [1.54, 1.807) is 0 Å². The van der Waals surface area contributed by atoms with Crippen molar-refractivity contribution >= 4 is 29.9 Å². The average Bonchev–Trinajstić information content (AvgIpc) is 3.08. The molecule has 1 saturated heterocycles. The lowest BCUT2D eigenvalue weighted by atomic mass is 9.83. The summed E-state index contributed by atoms with van der Waals surface area (Å²) < 4.78 is 11.0. The van der Waals surface area contributed by atoms with Gasteiger partial charge in [0.1, 0.15) is 0 Å². The summed E-state index contributed by atoms with van der Waals surface area (Å²) in [6.07, 6.45) is 6.45. The van der Waals surface area contributed by atoms with Gasteiger partial charge in [-0.3, -0.25) is 9.89 Å². The van der Waals surface area contributed by atoms with Crippen LogP contribution in [0.3, 0.4) is 0 Å². The summed E-state index contributed by atoms with van der Waals surface area (Å²) in [5.41, 5.74) is 0.386. The summed E-state index contributed by atoms with van der Waals surface area (Å²) in [7, 11) is 1.85. The fourth-order valence-electron chi connectivity index (χ4n) is 3.72. The topological polar surface area (TPSA) is 58.1 Å². The van der Waals surface area contributed by atoms with E-state index in [4.69, 9.17) is 9.47 Å². The van der Waals surface area contributed by atoms with Gasteiger partial charge in [0.25, 0.3) is 0 Å². The van der Waals surface area contributed by atoms with Crippen LogP contribution >= 0.6 is 24.0 Å². The summed E-state index contributed by atoms with van der Waals surface area (Å²) in [6, 6.07) is 0. The van der Waals surface area contributed by atoms with Crippen molar-refractivity contribution in [2.24, 2.45) is 10.4 Å². The third-order valence-electron chi connectivity index (χ3n) is 5.32. The number of nitrogens with zero attached hydrogens (tertiary/aromatic N) is 2. The van der Waals surface area contributed by atoms with Crippen LogP contribution in [0, 0.1) is 5.41 Å². The second-order valence-electron chi connectivity index (χ2n) is 6.96. The van der Waals surface area contributed by atoms with Crippen LogP contribution < -0.4 is 10.6 Å². The molecule has 7 heteroatoms. The number of morpholine rings is 1. The molecular formula is C18H37IN4O2. The monoisotopic (exact) mass is 468 g/mol. The standard InChI is InChI=1S/C18H36N4O2.HI/c1-3-23-13-8-18(6-4-5-7-18)16-21-17(19-2)20-9-10-22-11-14-24-15-12-22;/h3-16H2,1-2H3,(H2,19,20,21);1H. The van der Waals surface area contributed by atoms with Gasteiger partial charge >= 0.3 is 0 Å². The van der Waals surface area contributed by atoms with Gasteiger partial charge in [-0.05, 0) is 31.6 Å². The van der Waals surface area contributed by atoms with E-state index in [2.05, 4.69) is 27.4 Å². The van der Waals surface area contributed by atoms with E-state index in [9.17, 15) is 0 Å². The zero-order chi connectivity index (χ0) is 17.1. The van der Waals surface area contributed by atoms with E-state index in [1.165, 1.54) is 25.7 Å². The Bertz CT molecular complexity index is 370. The van der Waals surface area contributed by atoms with Gasteiger partial charge in [-0.15, -0.1) is 24.0 Å². The van der Waals surface area contributed by atoms with E-state index in [1.807, 2.05) is 7.05 Å². The minimum atomic E-state index is 0. The van der Waals surface area contributed by atoms with Crippen LogP contribution in [0.25, 0.3) is 0 Å². The Labute approximate surface area is 170 Å². The van der Waals surface area contributed by atoms with Crippen molar-refractivity contribution in [1.82, 2.24) is 15.5 Å². The predicted molar refractivity (Wildman–Crippen MR) is 114 cm³/mol. The fourth-order valence-corrected chi connectivity index (χ4v) is 3.72. The third-order valence-corrected chi connectivity index (χ3v) is 5.32. The molecule has 0 bridgehead atoms. The lowest BCUT2D eigenvalue weighted by molar-refractivity contribution is 0.0389. The maximum absolute atomic E-state index is 5.60. The van der Waals surface area contributed by atoms with Crippen LogP contribution in [0.2, 0.25) is 0 Å². The Morgan fingerprint density at radius 3 is 2.56 bits per heavy atom. The van der Waals surface area contributed by atoms with Crippen molar-refractivity contribution < 1.29 is 9.47 Å². The van der Waals surface area contributed by atoms with Crippen LogP contribution in [0.1, 0.15) is 39.0 Å². The highest BCUT2D eigenvalue weighted by Crippen LogP contribution is 2.40. The average molecular weight is 468 g/mol. The predicted octanol–water partition coefficient (Wildman–Crippen LogP) is 2.09. The summed E-state index contributed by atoms with van der Waals surface area (Å²) in [5.74, 6) is 0.922. The number of ether oxygens (including phenoxy) is 2. The molecule has 1 aliphatic heterocycles. The Morgan fingerprint density at radius 2 is 1.92 bits per heavy atom. The highest BCUT2D eigenvalue weighted by molar-refractivity contribution is 14.0. The van der Waals surface area contributed by atoms with E-state index in [-0.39, 0.29) is 24.0 Å². The zero-order valence-corrected chi connectivity index (χ0v) is 18.3. The molecular weight excluding hydrogens is 431 g/mol. The molecule has 0 unspecified atom stereocenters. The van der Waals surface area contributed by atoms with E-state index < -0.39 is 0 Å². The van der Waals surface area contributed by atoms with Crippen molar-refractivity contribution in [1.29, 1.82) is 0 Å². The lowest BCUT2D eigenvalue weighted by Gasteiger charge is -2.30. The fraction of sp³-hybridized carbons (Fsp3) is 0.944. The largest absolute Gasteiger partial charge is 0.382 e. The molecule has 0 aromatic carbocycles. The summed E-state index contributed by atoms with van der Waals surface area (Å²) in [5, 5.41) is 7.01. The number of rotatable bonds is 9. The zero-order valence-electron chi connectivity index (χ0n) is 16.0. The van der Waals surface area contributed by atoms with Gasteiger partial charge in [0, 0.05) is 53.0 Å². The smallest absolute Gasteiger partial charge is 0.191 e. The molecule has 0 aromatic rings. The Hall–Kier alpha value is -0.120. The molecule has 2 N–H and O–H groups in total. The summed E-state index contributed by atoms with van der Waals surface area (Å²) >= 11 is 0. The Kier molecular flexibility index (Phi) is 12.0. The first-order valence-corrected chi connectivity index (χ1v) is 9.60. The molecule has 0 radical (unpaired) electrons. The molecule has 6 nitrogen and oxygen atoms in total. The van der Waals surface area contributed by atoms with Gasteiger partial charge in [0.2, 0.25) is 0 Å². The third kappa shape index (κ3) is 8.41. The van der Waals surface area contributed by atoms with Crippen molar-refractivity contribution in [3.63, 3.8) is 0 Å². The van der Waals surface area contributed by atoms with E-state index >= 15 is 0 Å². The molecule has 2 aliphatic rings. The molecule has 148 valence electrons. The Morgan fingerprint density at radius 1 is 1.20 bits per heavy atom.